The molecule has 0 spiro atoms. The summed E-state index contributed by atoms with van der Waals surface area (Å²) in [5, 5.41) is 0. The van der Waals surface area contributed by atoms with Gasteiger partial charge in [0.15, 0.2) is 5.82 Å². The van der Waals surface area contributed by atoms with Crippen molar-refractivity contribution >= 4 is 17.2 Å². The number of nitrogens with zero attached hydrogens (tertiary/aromatic N) is 4. The van der Waals surface area contributed by atoms with Crippen LogP contribution in [0.5, 0.6) is 0 Å². The number of benzene rings is 1. The van der Waals surface area contributed by atoms with Gasteiger partial charge < -0.3 is 9.80 Å². The van der Waals surface area contributed by atoms with E-state index in [9.17, 15) is 0 Å². The Bertz CT molecular complexity index is 832. The lowest BCUT2D eigenvalue weighted by molar-refractivity contribution is -0.0120. The summed E-state index contributed by atoms with van der Waals surface area (Å²) in [6, 6.07) is 9.33. The topological polar surface area (TPSA) is 32.3 Å². The smallest absolute Gasteiger partial charge is 0.157 e. The standard InChI is InChI=1S/C20H24N4/c1-13(2)23-17-16(11-21-12-22-17)24-15-8-6-5-7-14(15)19(3)9-10-20(19,4)18(23)24/h5-8,11-13,18H,9-10H2,1-4H3. The van der Waals surface area contributed by atoms with E-state index in [-0.39, 0.29) is 10.8 Å². The highest BCUT2D eigenvalue weighted by Crippen LogP contribution is 2.69. The van der Waals surface area contributed by atoms with Crippen molar-refractivity contribution in [3.8, 4) is 0 Å². The van der Waals surface area contributed by atoms with Gasteiger partial charge in [-0.1, -0.05) is 32.0 Å². The molecule has 0 saturated heterocycles. The summed E-state index contributed by atoms with van der Waals surface area (Å²) in [7, 11) is 0. The lowest BCUT2D eigenvalue weighted by atomic mass is 9.45. The van der Waals surface area contributed by atoms with Crippen LogP contribution in [0.3, 0.4) is 0 Å². The minimum absolute atomic E-state index is 0.215. The summed E-state index contributed by atoms with van der Waals surface area (Å²) in [6.45, 7) is 9.48. The molecule has 3 heterocycles. The third kappa shape index (κ3) is 1.38. The Kier molecular flexibility index (Phi) is 2.55. The Morgan fingerprint density at radius 2 is 1.92 bits per heavy atom. The van der Waals surface area contributed by atoms with Gasteiger partial charge in [0.2, 0.25) is 0 Å². The molecule has 3 aliphatic rings. The van der Waals surface area contributed by atoms with Crippen LogP contribution in [0.15, 0.2) is 36.8 Å². The molecule has 0 radical (unpaired) electrons. The maximum atomic E-state index is 4.67. The van der Waals surface area contributed by atoms with Crippen LogP contribution in [-0.2, 0) is 5.41 Å². The second-order valence-corrected chi connectivity index (χ2v) is 8.24. The predicted octanol–water partition coefficient (Wildman–Crippen LogP) is 4.24. The van der Waals surface area contributed by atoms with Crippen LogP contribution in [0.25, 0.3) is 0 Å². The Morgan fingerprint density at radius 1 is 1.12 bits per heavy atom. The second kappa shape index (κ2) is 4.29. The molecule has 1 fully saturated rings. The molecule has 3 atom stereocenters. The van der Waals surface area contributed by atoms with Gasteiger partial charge in [0.25, 0.3) is 0 Å². The number of fused-ring (bicyclic) bond motifs is 8. The summed E-state index contributed by atoms with van der Waals surface area (Å²) in [6.07, 6.45) is 6.50. The SMILES string of the molecule is CC(C)N1c2ncncc2N2c3ccccc3C3(C)CCC3(C)C21. The molecule has 0 bridgehead atoms. The Morgan fingerprint density at radius 3 is 2.62 bits per heavy atom. The molecule has 2 aliphatic heterocycles. The van der Waals surface area contributed by atoms with Gasteiger partial charge in [-0.15, -0.1) is 0 Å². The summed E-state index contributed by atoms with van der Waals surface area (Å²) in [4.78, 5) is 14.0. The lowest BCUT2D eigenvalue weighted by Gasteiger charge is -2.66. The van der Waals surface area contributed by atoms with Crippen molar-refractivity contribution in [2.75, 3.05) is 9.80 Å². The van der Waals surface area contributed by atoms with E-state index in [1.165, 1.54) is 24.1 Å². The van der Waals surface area contributed by atoms with E-state index in [2.05, 4.69) is 71.7 Å². The molecular weight excluding hydrogens is 296 g/mol. The van der Waals surface area contributed by atoms with E-state index in [0.717, 1.165) is 11.5 Å². The van der Waals surface area contributed by atoms with Crippen LogP contribution in [-0.4, -0.2) is 22.2 Å². The van der Waals surface area contributed by atoms with Gasteiger partial charge in [-0.25, -0.2) is 9.97 Å². The first-order valence-corrected chi connectivity index (χ1v) is 8.96. The van der Waals surface area contributed by atoms with Gasteiger partial charge >= 0.3 is 0 Å². The fourth-order valence-electron chi connectivity index (χ4n) is 5.34. The number of hydrogen-bond donors (Lipinski definition) is 0. The van der Waals surface area contributed by atoms with Gasteiger partial charge in [0, 0.05) is 22.6 Å². The molecule has 1 saturated carbocycles. The van der Waals surface area contributed by atoms with Crippen LogP contribution >= 0.6 is 0 Å². The van der Waals surface area contributed by atoms with Gasteiger partial charge in [-0.05, 0) is 38.3 Å². The third-order valence-electron chi connectivity index (χ3n) is 6.97. The maximum Gasteiger partial charge on any atom is 0.157 e. The molecule has 1 aliphatic carbocycles. The van der Waals surface area contributed by atoms with E-state index in [1.54, 1.807) is 6.33 Å². The van der Waals surface area contributed by atoms with E-state index >= 15 is 0 Å². The zero-order chi connectivity index (χ0) is 16.7. The lowest BCUT2D eigenvalue weighted by Crippen LogP contribution is -2.69. The molecule has 124 valence electrons. The minimum Gasteiger partial charge on any atom is -0.331 e. The minimum atomic E-state index is 0.215. The van der Waals surface area contributed by atoms with Crippen molar-refractivity contribution < 1.29 is 0 Å². The molecule has 5 rings (SSSR count). The maximum absolute atomic E-state index is 4.67. The monoisotopic (exact) mass is 320 g/mol. The van der Waals surface area contributed by atoms with Gasteiger partial charge in [-0.2, -0.15) is 0 Å². The van der Waals surface area contributed by atoms with E-state index in [0.29, 0.717) is 12.2 Å². The summed E-state index contributed by atoms with van der Waals surface area (Å²) in [5.41, 5.74) is 4.41. The summed E-state index contributed by atoms with van der Waals surface area (Å²) < 4.78 is 0. The van der Waals surface area contributed by atoms with Crippen LogP contribution in [0.1, 0.15) is 46.1 Å². The Hall–Kier alpha value is -2.10. The third-order valence-corrected chi connectivity index (χ3v) is 6.97. The number of hydrogen-bond acceptors (Lipinski definition) is 4. The highest BCUT2D eigenvalue weighted by Gasteiger charge is 2.66. The van der Waals surface area contributed by atoms with Crippen LogP contribution in [0.4, 0.5) is 17.2 Å². The number of rotatable bonds is 1. The highest BCUT2D eigenvalue weighted by atomic mass is 15.5. The second-order valence-electron chi connectivity index (χ2n) is 8.24. The molecule has 4 heteroatoms. The number of para-hydroxylation sites is 1. The van der Waals surface area contributed by atoms with Gasteiger partial charge in [0.05, 0.1) is 6.20 Å². The molecule has 1 aromatic carbocycles. The molecule has 4 nitrogen and oxygen atoms in total. The van der Waals surface area contributed by atoms with E-state index in [4.69, 9.17) is 0 Å². The largest absolute Gasteiger partial charge is 0.331 e. The first kappa shape index (κ1) is 14.3. The predicted molar refractivity (Wildman–Crippen MR) is 96.7 cm³/mol. The summed E-state index contributed by atoms with van der Waals surface area (Å²) in [5.74, 6) is 1.08. The van der Waals surface area contributed by atoms with Crippen LogP contribution < -0.4 is 9.80 Å². The first-order valence-electron chi connectivity index (χ1n) is 8.96. The molecule has 2 aromatic rings. The molecule has 3 unspecified atom stereocenters. The number of anilines is 3. The van der Waals surface area contributed by atoms with Crippen LogP contribution in [0, 0.1) is 5.41 Å². The average Bonchev–Trinajstić information content (AvgIpc) is 2.94. The number of aromatic nitrogens is 2. The van der Waals surface area contributed by atoms with Crippen LogP contribution in [0.2, 0.25) is 0 Å². The fraction of sp³-hybridized carbons (Fsp3) is 0.500. The van der Waals surface area contributed by atoms with Gasteiger partial charge in [0.1, 0.15) is 18.2 Å². The van der Waals surface area contributed by atoms with E-state index in [1.807, 2.05) is 6.20 Å². The molecule has 24 heavy (non-hydrogen) atoms. The highest BCUT2D eigenvalue weighted by molar-refractivity contribution is 5.85. The summed E-state index contributed by atoms with van der Waals surface area (Å²) >= 11 is 0. The molecule has 0 N–H and O–H groups in total. The van der Waals surface area contributed by atoms with Crippen molar-refractivity contribution in [2.45, 2.75) is 58.2 Å². The fourth-order valence-corrected chi connectivity index (χ4v) is 5.34. The zero-order valence-electron chi connectivity index (χ0n) is 14.8. The quantitative estimate of drug-likeness (QED) is 0.786. The van der Waals surface area contributed by atoms with Crippen molar-refractivity contribution in [1.82, 2.24) is 9.97 Å². The molecular formula is C20H24N4. The molecule has 1 aromatic heterocycles. The normalized spacial score (nSPS) is 32.8. The van der Waals surface area contributed by atoms with Crippen molar-refractivity contribution in [2.24, 2.45) is 5.41 Å². The van der Waals surface area contributed by atoms with Crippen molar-refractivity contribution in [3.63, 3.8) is 0 Å². The van der Waals surface area contributed by atoms with Crippen molar-refractivity contribution in [3.05, 3.63) is 42.4 Å². The van der Waals surface area contributed by atoms with E-state index < -0.39 is 0 Å². The average molecular weight is 320 g/mol. The zero-order valence-corrected chi connectivity index (χ0v) is 14.8. The Labute approximate surface area is 143 Å². The van der Waals surface area contributed by atoms with Crippen molar-refractivity contribution in [1.29, 1.82) is 0 Å². The van der Waals surface area contributed by atoms with Gasteiger partial charge in [-0.3, -0.25) is 0 Å². The Balaban J connectivity index is 1.83. The molecule has 0 amide bonds. The first-order chi connectivity index (χ1) is 11.5.